The van der Waals surface area contributed by atoms with E-state index in [0.717, 1.165) is 32.5 Å². The molecule has 0 aromatic heterocycles. The van der Waals surface area contributed by atoms with Crippen molar-refractivity contribution in [3.8, 4) is 5.75 Å². The van der Waals surface area contributed by atoms with Gasteiger partial charge in [0, 0.05) is 20.2 Å². The average Bonchev–Trinajstić information content (AvgIpc) is 2.52. The summed E-state index contributed by atoms with van der Waals surface area (Å²) in [5.41, 5.74) is 0.218. The van der Waals surface area contributed by atoms with Gasteiger partial charge in [-0.15, -0.1) is 0 Å². The molecule has 1 aromatic rings. The molecule has 1 N–H and O–H groups in total. The lowest BCUT2D eigenvalue weighted by molar-refractivity contribution is 0.0298. The van der Waals surface area contributed by atoms with Gasteiger partial charge < -0.3 is 19.5 Å². The molecule has 0 saturated carbocycles. The Balaban J connectivity index is 1.74. The molecule has 2 rings (SSSR count). The highest BCUT2D eigenvalue weighted by Gasteiger charge is 2.18. The van der Waals surface area contributed by atoms with Crippen molar-refractivity contribution in [2.24, 2.45) is 0 Å². The van der Waals surface area contributed by atoms with E-state index in [0.29, 0.717) is 18.5 Å². The number of aromatic carboxylic acids is 1. The summed E-state index contributed by atoms with van der Waals surface area (Å²) in [5.74, 6) is -0.511. The molecule has 1 fully saturated rings. The minimum absolute atomic E-state index is 0.218. The van der Waals surface area contributed by atoms with Crippen LogP contribution in [0.5, 0.6) is 5.75 Å². The van der Waals surface area contributed by atoms with Crippen LogP contribution in [0.2, 0.25) is 0 Å². The summed E-state index contributed by atoms with van der Waals surface area (Å²) in [4.78, 5) is 13.4. The fraction of sp³-hybridized carbons (Fsp3) is 0.562. The Morgan fingerprint density at radius 3 is 3.00 bits per heavy atom. The molecule has 0 bridgehead atoms. The molecule has 116 valence electrons. The number of hydrogen-bond donors (Lipinski definition) is 1. The van der Waals surface area contributed by atoms with Gasteiger partial charge in [0.1, 0.15) is 11.3 Å². The molecule has 1 aliphatic rings. The summed E-state index contributed by atoms with van der Waals surface area (Å²) < 4.78 is 11.0. The van der Waals surface area contributed by atoms with Crippen molar-refractivity contribution in [2.75, 3.05) is 33.4 Å². The van der Waals surface area contributed by atoms with Gasteiger partial charge in [-0.25, -0.2) is 4.79 Å². The van der Waals surface area contributed by atoms with Crippen LogP contribution in [-0.4, -0.2) is 55.4 Å². The van der Waals surface area contributed by atoms with Gasteiger partial charge in [-0.1, -0.05) is 12.1 Å². The highest BCUT2D eigenvalue weighted by atomic mass is 16.5. The van der Waals surface area contributed by atoms with Crippen LogP contribution in [0.4, 0.5) is 0 Å². The second-order valence-corrected chi connectivity index (χ2v) is 5.30. The average molecular weight is 293 g/mol. The van der Waals surface area contributed by atoms with Crippen molar-refractivity contribution >= 4 is 5.97 Å². The van der Waals surface area contributed by atoms with E-state index >= 15 is 0 Å². The van der Waals surface area contributed by atoms with Gasteiger partial charge in [0.05, 0.1) is 12.7 Å². The van der Waals surface area contributed by atoms with Crippen molar-refractivity contribution in [1.82, 2.24) is 4.90 Å². The summed E-state index contributed by atoms with van der Waals surface area (Å²) in [7, 11) is 1.76. The molecule has 5 heteroatoms. The Labute approximate surface area is 125 Å². The Bertz CT molecular complexity index is 463. The van der Waals surface area contributed by atoms with Gasteiger partial charge in [-0.3, -0.25) is 0 Å². The smallest absolute Gasteiger partial charge is 0.339 e. The first-order chi connectivity index (χ1) is 10.2. The van der Waals surface area contributed by atoms with Crippen molar-refractivity contribution < 1.29 is 19.4 Å². The summed E-state index contributed by atoms with van der Waals surface area (Å²) in [5, 5.41) is 9.08. The summed E-state index contributed by atoms with van der Waals surface area (Å²) in [6, 6.07) is 6.75. The van der Waals surface area contributed by atoms with Gasteiger partial charge in [0.15, 0.2) is 0 Å². The lowest BCUT2D eigenvalue weighted by Gasteiger charge is -2.31. The largest absolute Gasteiger partial charge is 0.493 e. The van der Waals surface area contributed by atoms with Gasteiger partial charge >= 0.3 is 5.97 Å². The molecular formula is C16H23NO4. The molecule has 1 heterocycles. The van der Waals surface area contributed by atoms with Gasteiger partial charge in [0.25, 0.3) is 0 Å². The van der Waals surface area contributed by atoms with Crippen LogP contribution in [-0.2, 0) is 4.74 Å². The normalized spacial score (nSPS) is 19.4. The predicted octanol–water partition coefficient (Wildman–Crippen LogP) is 2.26. The van der Waals surface area contributed by atoms with Crippen LogP contribution < -0.4 is 4.74 Å². The molecule has 1 aromatic carbocycles. The highest BCUT2D eigenvalue weighted by molar-refractivity contribution is 5.90. The standard InChI is InChI=1S/C16H23NO4/c1-20-13-6-4-9-17(12-13)10-5-11-21-15-8-3-2-7-14(15)16(18)19/h2-3,7-8,13H,4-6,9-12H2,1H3,(H,18,19). The van der Waals surface area contributed by atoms with E-state index in [1.165, 1.54) is 6.42 Å². The van der Waals surface area contributed by atoms with E-state index in [4.69, 9.17) is 14.6 Å². The molecule has 1 saturated heterocycles. The first-order valence-corrected chi connectivity index (χ1v) is 7.41. The lowest BCUT2D eigenvalue weighted by Crippen LogP contribution is -2.40. The molecular weight excluding hydrogens is 270 g/mol. The van der Waals surface area contributed by atoms with Crippen molar-refractivity contribution in [3.63, 3.8) is 0 Å². The fourth-order valence-corrected chi connectivity index (χ4v) is 2.65. The number of piperidine rings is 1. The van der Waals surface area contributed by atoms with Gasteiger partial charge in [-0.2, -0.15) is 0 Å². The van der Waals surface area contributed by atoms with Crippen molar-refractivity contribution in [3.05, 3.63) is 29.8 Å². The zero-order valence-electron chi connectivity index (χ0n) is 12.5. The van der Waals surface area contributed by atoms with E-state index < -0.39 is 5.97 Å². The molecule has 21 heavy (non-hydrogen) atoms. The maximum atomic E-state index is 11.1. The molecule has 1 unspecified atom stereocenters. The molecule has 1 aliphatic heterocycles. The molecule has 0 aliphatic carbocycles. The number of carboxylic acids is 1. The topological polar surface area (TPSA) is 59.0 Å². The molecule has 0 spiro atoms. The zero-order valence-corrected chi connectivity index (χ0v) is 12.5. The Morgan fingerprint density at radius 1 is 1.43 bits per heavy atom. The maximum absolute atomic E-state index is 11.1. The van der Waals surface area contributed by atoms with Gasteiger partial charge in [-0.05, 0) is 37.9 Å². The number of likely N-dealkylation sites (tertiary alicyclic amines) is 1. The van der Waals surface area contributed by atoms with Crippen LogP contribution in [0, 0.1) is 0 Å². The number of benzene rings is 1. The van der Waals surface area contributed by atoms with E-state index in [2.05, 4.69) is 4.90 Å². The fourth-order valence-electron chi connectivity index (χ4n) is 2.65. The minimum Gasteiger partial charge on any atom is -0.493 e. The van der Waals surface area contributed by atoms with Crippen LogP contribution in [0.1, 0.15) is 29.6 Å². The zero-order chi connectivity index (χ0) is 15.1. The highest BCUT2D eigenvalue weighted by Crippen LogP contribution is 2.18. The maximum Gasteiger partial charge on any atom is 0.339 e. The quantitative estimate of drug-likeness (QED) is 0.781. The van der Waals surface area contributed by atoms with Gasteiger partial charge in [0.2, 0.25) is 0 Å². The first-order valence-electron chi connectivity index (χ1n) is 7.41. The predicted molar refractivity (Wildman–Crippen MR) is 80.0 cm³/mol. The van der Waals surface area contributed by atoms with Crippen molar-refractivity contribution in [1.29, 1.82) is 0 Å². The summed E-state index contributed by atoms with van der Waals surface area (Å²) in [6.45, 7) is 3.56. The molecule has 0 radical (unpaired) electrons. The van der Waals surface area contributed by atoms with E-state index in [9.17, 15) is 4.79 Å². The number of hydrogen-bond acceptors (Lipinski definition) is 4. The second-order valence-electron chi connectivity index (χ2n) is 5.30. The molecule has 5 nitrogen and oxygen atoms in total. The number of methoxy groups -OCH3 is 1. The van der Waals surface area contributed by atoms with Crippen LogP contribution in [0.25, 0.3) is 0 Å². The third-order valence-electron chi connectivity index (χ3n) is 3.79. The first kappa shape index (κ1) is 15.8. The monoisotopic (exact) mass is 293 g/mol. The molecule has 0 amide bonds. The van der Waals surface area contributed by atoms with Crippen LogP contribution in [0.15, 0.2) is 24.3 Å². The Hall–Kier alpha value is -1.59. The lowest BCUT2D eigenvalue weighted by atomic mass is 10.1. The Morgan fingerprint density at radius 2 is 2.24 bits per heavy atom. The number of nitrogens with zero attached hydrogens (tertiary/aromatic N) is 1. The van der Waals surface area contributed by atoms with Crippen LogP contribution >= 0.6 is 0 Å². The van der Waals surface area contributed by atoms with E-state index in [-0.39, 0.29) is 5.56 Å². The molecule has 1 atom stereocenters. The third-order valence-corrected chi connectivity index (χ3v) is 3.79. The number of ether oxygens (including phenoxy) is 2. The number of rotatable bonds is 7. The number of carboxylic acid groups (broad SMARTS) is 1. The van der Waals surface area contributed by atoms with E-state index in [1.54, 1.807) is 31.4 Å². The second kappa shape index (κ2) is 8.00. The SMILES string of the molecule is COC1CCCN(CCCOc2ccccc2C(=O)O)C1. The number of para-hydroxylation sites is 1. The summed E-state index contributed by atoms with van der Waals surface area (Å²) >= 11 is 0. The number of carbonyl (C=O) groups is 1. The van der Waals surface area contributed by atoms with Crippen molar-refractivity contribution in [2.45, 2.75) is 25.4 Å². The summed E-state index contributed by atoms with van der Waals surface area (Å²) in [6.07, 6.45) is 3.52. The Kier molecular flexibility index (Phi) is 6.02. The van der Waals surface area contributed by atoms with E-state index in [1.807, 2.05) is 0 Å². The minimum atomic E-state index is -0.954. The third kappa shape index (κ3) is 4.72. The van der Waals surface area contributed by atoms with Crippen LogP contribution in [0.3, 0.4) is 0 Å².